The second-order valence-corrected chi connectivity index (χ2v) is 6.67. The molecule has 1 aliphatic carbocycles. The van der Waals surface area contributed by atoms with E-state index in [4.69, 9.17) is 16.2 Å². The van der Waals surface area contributed by atoms with Gasteiger partial charge in [-0.3, -0.25) is 5.10 Å². The van der Waals surface area contributed by atoms with E-state index < -0.39 is 0 Å². The maximum absolute atomic E-state index is 9.75. The molecule has 7 nitrogen and oxygen atoms in total. The molecule has 0 spiro atoms. The van der Waals surface area contributed by atoms with Gasteiger partial charge in [0, 0.05) is 28.4 Å². The molecule has 0 radical (unpaired) electrons. The number of H-pyrrole nitrogens is 1. The van der Waals surface area contributed by atoms with Crippen LogP contribution in [0.5, 0.6) is 5.75 Å². The number of pyridine rings is 1. The number of fused-ring (bicyclic) bond motifs is 1. The Bertz CT molecular complexity index is 1030. The number of methoxy groups -OCH3 is 1. The number of nitriles is 1. The summed E-state index contributed by atoms with van der Waals surface area (Å²) in [6, 6.07) is 9.94. The first-order chi connectivity index (χ1) is 13.1. The molecule has 136 valence electrons. The average Bonchev–Trinajstić information content (AvgIpc) is 3.16. The van der Waals surface area contributed by atoms with E-state index in [1.54, 1.807) is 13.3 Å². The molecule has 0 fully saturated rings. The van der Waals surface area contributed by atoms with Gasteiger partial charge in [0.25, 0.3) is 0 Å². The molecular weight excluding hydrogens is 340 g/mol. The van der Waals surface area contributed by atoms with E-state index in [0.29, 0.717) is 12.0 Å². The highest BCUT2D eigenvalue weighted by molar-refractivity contribution is 5.87. The third kappa shape index (κ3) is 2.90. The molecule has 1 atom stereocenters. The maximum atomic E-state index is 9.75. The summed E-state index contributed by atoms with van der Waals surface area (Å²) >= 11 is 0. The zero-order valence-electron chi connectivity index (χ0n) is 15.0. The van der Waals surface area contributed by atoms with Crippen LogP contribution in [0.15, 0.2) is 30.5 Å². The first-order valence-electron chi connectivity index (χ1n) is 8.77. The number of rotatable bonds is 3. The summed E-state index contributed by atoms with van der Waals surface area (Å²) in [5.41, 5.74) is 18.0. The van der Waals surface area contributed by atoms with E-state index in [9.17, 15) is 5.26 Å². The van der Waals surface area contributed by atoms with Crippen molar-refractivity contribution >= 4 is 5.82 Å². The Morgan fingerprint density at radius 3 is 2.78 bits per heavy atom. The number of aromatic amines is 1. The van der Waals surface area contributed by atoms with Crippen LogP contribution >= 0.6 is 0 Å². The Hall–Kier alpha value is -3.37. The zero-order chi connectivity index (χ0) is 19.0. The van der Waals surface area contributed by atoms with Gasteiger partial charge in [0.1, 0.15) is 23.2 Å². The molecular formula is C20H20N6O. The van der Waals surface area contributed by atoms with E-state index in [1.165, 1.54) is 0 Å². The largest absolute Gasteiger partial charge is 0.497 e. The molecule has 1 aliphatic rings. The molecule has 4 rings (SSSR count). The minimum atomic E-state index is 0.0459. The van der Waals surface area contributed by atoms with Gasteiger partial charge in [-0.25, -0.2) is 4.98 Å². The van der Waals surface area contributed by atoms with Crippen LogP contribution in [0.3, 0.4) is 0 Å². The topological polar surface area (TPSA) is 127 Å². The molecule has 0 saturated carbocycles. The number of nitrogens with two attached hydrogens (primary N) is 2. The van der Waals surface area contributed by atoms with Gasteiger partial charge in [-0.05, 0) is 49.1 Å². The fourth-order valence-corrected chi connectivity index (χ4v) is 3.67. The normalized spacial score (nSPS) is 15.8. The van der Waals surface area contributed by atoms with E-state index in [2.05, 4.69) is 21.3 Å². The predicted molar refractivity (Wildman–Crippen MR) is 103 cm³/mol. The molecule has 7 heteroatoms. The Kier molecular flexibility index (Phi) is 4.26. The van der Waals surface area contributed by atoms with E-state index in [1.807, 2.05) is 24.3 Å². The van der Waals surface area contributed by atoms with Crippen LogP contribution < -0.4 is 16.2 Å². The second kappa shape index (κ2) is 6.74. The Balaban J connectivity index is 1.93. The molecule has 1 aromatic carbocycles. The zero-order valence-corrected chi connectivity index (χ0v) is 15.0. The summed E-state index contributed by atoms with van der Waals surface area (Å²) in [5, 5.41) is 17.0. The molecule has 0 aliphatic heterocycles. The van der Waals surface area contributed by atoms with Crippen molar-refractivity contribution < 1.29 is 4.74 Å². The van der Waals surface area contributed by atoms with Crippen molar-refractivity contribution in [2.75, 3.05) is 12.8 Å². The van der Waals surface area contributed by atoms with Crippen LogP contribution in [0, 0.1) is 11.3 Å². The lowest BCUT2D eigenvalue weighted by molar-refractivity contribution is 0.415. The summed E-state index contributed by atoms with van der Waals surface area (Å²) < 4.78 is 5.23. The smallest absolute Gasteiger partial charge is 0.142 e. The number of nitrogens with one attached hydrogen (secondary N) is 1. The predicted octanol–water partition coefficient (Wildman–Crippen LogP) is 2.42. The number of hydrogen-bond donors (Lipinski definition) is 3. The summed E-state index contributed by atoms with van der Waals surface area (Å²) in [5.74, 6) is 1.03. The van der Waals surface area contributed by atoms with Crippen molar-refractivity contribution in [3.05, 3.63) is 47.3 Å². The third-order valence-electron chi connectivity index (χ3n) is 5.03. The number of nitrogen functional groups attached to an aromatic ring is 1. The molecule has 0 saturated heterocycles. The highest BCUT2D eigenvalue weighted by Gasteiger charge is 2.27. The van der Waals surface area contributed by atoms with Crippen LogP contribution in [0.4, 0.5) is 5.82 Å². The fourth-order valence-electron chi connectivity index (χ4n) is 3.67. The van der Waals surface area contributed by atoms with Crippen LogP contribution in [0.2, 0.25) is 0 Å². The van der Waals surface area contributed by atoms with Gasteiger partial charge in [0.05, 0.1) is 19.0 Å². The Morgan fingerprint density at radius 2 is 2.07 bits per heavy atom. The number of hydrogen-bond acceptors (Lipinski definition) is 6. The fraction of sp³-hybridized carbons (Fsp3) is 0.250. The van der Waals surface area contributed by atoms with Crippen molar-refractivity contribution in [2.24, 2.45) is 5.73 Å². The maximum Gasteiger partial charge on any atom is 0.142 e. The van der Waals surface area contributed by atoms with Crippen LogP contribution in [-0.2, 0) is 12.8 Å². The number of aryl methyl sites for hydroxylation is 1. The molecule has 1 unspecified atom stereocenters. The van der Waals surface area contributed by atoms with Crippen molar-refractivity contribution in [1.82, 2.24) is 15.2 Å². The van der Waals surface area contributed by atoms with Gasteiger partial charge < -0.3 is 16.2 Å². The van der Waals surface area contributed by atoms with E-state index in [-0.39, 0.29) is 11.9 Å². The lowest BCUT2D eigenvalue weighted by Crippen LogP contribution is -2.29. The molecule has 2 aromatic heterocycles. The van der Waals surface area contributed by atoms with Crippen LogP contribution in [0.25, 0.3) is 22.4 Å². The first-order valence-corrected chi connectivity index (χ1v) is 8.77. The number of nitrogens with zero attached hydrogens (tertiary/aromatic N) is 3. The highest BCUT2D eigenvalue weighted by Crippen LogP contribution is 2.39. The molecule has 5 N–H and O–H groups in total. The quantitative estimate of drug-likeness (QED) is 0.658. The monoisotopic (exact) mass is 360 g/mol. The van der Waals surface area contributed by atoms with Gasteiger partial charge in [-0.15, -0.1) is 0 Å². The summed E-state index contributed by atoms with van der Waals surface area (Å²) in [7, 11) is 1.63. The Morgan fingerprint density at radius 1 is 1.30 bits per heavy atom. The summed E-state index contributed by atoms with van der Waals surface area (Å²) in [6.45, 7) is 0. The first kappa shape index (κ1) is 17.1. The average molecular weight is 360 g/mol. The highest BCUT2D eigenvalue weighted by atomic mass is 16.5. The minimum Gasteiger partial charge on any atom is -0.497 e. The lowest BCUT2D eigenvalue weighted by Gasteiger charge is -2.24. The molecule has 27 heavy (non-hydrogen) atoms. The second-order valence-electron chi connectivity index (χ2n) is 6.67. The summed E-state index contributed by atoms with van der Waals surface area (Å²) in [6.07, 6.45) is 4.02. The summed E-state index contributed by atoms with van der Waals surface area (Å²) in [4.78, 5) is 4.47. The molecule has 3 aromatic rings. The van der Waals surface area contributed by atoms with Crippen molar-refractivity contribution in [1.29, 1.82) is 5.26 Å². The lowest BCUT2D eigenvalue weighted by atomic mass is 9.84. The number of benzene rings is 1. The SMILES string of the molecule is COc1ccc(-c2[nH]ncc2-c2c(C#N)c(N)nc3c2CC(N)CC3)cc1. The van der Waals surface area contributed by atoms with Gasteiger partial charge >= 0.3 is 0 Å². The van der Waals surface area contributed by atoms with Crippen LogP contribution in [0.1, 0.15) is 23.2 Å². The van der Waals surface area contributed by atoms with Crippen molar-refractivity contribution in [2.45, 2.75) is 25.3 Å². The van der Waals surface area contributed by atoms with Gasteiger partial charge in [-0.1, -0.05) is 0 Å². The van der Waals surface area contributed by atoms with E-state index in [0.717, 1.165) is 52.2 Å². The third-order valence-corrected chi connectivity index (χ3v) is 5.03. The molecule has 0 amide bonds. The minimum absolute atomic E-state index is 0.0459. The molecule has 0 bridgehead atoms. The van der Waals surface area contributed by atoms with Crippen molar-refractivity contribution in [3.8, 4) is 34.2 Å². The van der Waals surface area contributed by atoms with Gasteiger partial charge in [0.2, 0.25) is 0 Å². The molecule has 2 heterocycles. The van der Waals surface area contributed by atoms with Crippen LogP contribution in [-0.4, -0.2) is 28.3 Å². The van der Waals surface area contributed by atoms with E-state index >= 15 is 0 Å². The van der Waals surface area contributed by atoms with Gasteiger partial charge in [0.15, 0.2) is 0 Å². The number of anilines is 1. The van der Waals surface area contributed by atoms with Crippen molar-refractivity contribution in [3.63, 3.8) is 0 Å². The Labute approximate surface area is 157 Å². The number of ether oxygens (including phenoxy) is 1. The number of aromatic nitrogens is 3. The van der Waals surface area contributed by atoms with Gasteiger partial charge in [-0.2, -0.15) is 10.4 Å². The standard InChI is InChI=1S/C20H20N6O/c1-27-13-5-2-11(3-6-13)19-16(10-24-26-19)18-14-8-12(22)4-7-17(14)25-20(23)15(18)9-21/h2-3,5-6,10,12H,4,7-8,22H2,1H3,(H2,23,25)(H,24,26).